The van der Waals surface area contributed by atoms with Gasteiger partial charge in [-0.05, 0) is 36.8 Å². The van der Waals surface area contributed by atoms with Crippen LogP contribution in [0.1, 0.15) is 16.1 Å². The maximum absolute atomic E-state index is 12.0. The highest BCUT2D eigenvalue weighted by molar-refractivity contribution is 6.31. The lowest BCUT2D eigenvalue weighted by molar-refractivity contribution is -0.119. The highest BCUT2D eigenvalue weighted by Gasteiger charge is 2.13. The van der Waals surface area contributed by atoms with Crippen LogP contribution in [-0.4, -0.2) is 28.5 Å². The lowest BCUT2D eigenvalue weighted by Gasteiger charge is -2.08. The molecule has 0 bridgehead atoms. The number of esters is 1. The molecule has 6 nitrogen and oxygen atoms in total. The van der Waals surface area contributed by atoms with E-state index in [0.717, 1.165) is 5.56 Å². The van der Waals surface area contributed by atoms with E-state index in [9.17, 15) is 9.59 Å². The maximum atomic E-state index is 12.0. The number of para-hydroxylation sites is 2. The van der Waals surface area contributed by atoms with E-state index in [0.29, 0.717) is 21.7 Å². The van der Waals surface area contributed by atoms with Crippen molar-refractivity contribution in [3.05, 3.63) is 64.9 Å². The van der Waals surface area contributed by atoms with Crippen LogP contribution in [0.3, 0.4) is 0 Å². The molecule has 25 heavy (non-hydrogen) atoms. The number of amides is 1. The normalized spacial score (nSPS) is 10.5. The SMILES string of the molecule is Cc1ccc(NC(=O)COC(=O)c2cnc3ccccc3n2)cc1Cl. The van der Waals surface area contributed by atoms with Gasteiger partial charge in [-0.25, -0.2) is 9.78 Å². The van der Waals surface area contributed by atoms with Crippen molar-refractivity contribution in [2.24, 2.45) is 0 Å². The molecule has 0 radical (unpaired) electrons. The Balaban J connectivity index is 1.60. The van der Waals surface area contributed by atoms with Crippen LogP contribution in [0.2, 0.25) is 5.02 Å². The molecule has 2 aromatic carbocycles. The van der Waals surface area contributed by atoms with E-state index in [2.05, 4.69) is 15.3 Å². The van der Waals surface area contributed by atoms with Crippen molar-refractivity contribution in [2.75, 3.05) is 11.9 Å². The summed E-state index contributed by atoms with van der Waals surface area (Å²) in [7, 11) is 0. The minimum absolute atomic E-state index is 0.0462. The smallest absolute Gasteiger partial charge is 0.359 e. The first-order chi connectivity index (χ1) is 12.0. The number of nitrogens with one attached hydrogen (secondary N) is 1. The largest absolute Gasteiger partial charge is 0.451 e. The summed E-state index contributed by atoms with van der Waals surface area (Å²) in [5, 5.41) is 3.15. The van der Waals surface area contributed by atoms with Crippen LogP contribution < -0.4 is 5.32 Å². The number of benzene rings is 2. The molecular weight excluding hydrogens is 342 g/mol. The quantitative estimate of drug-likeness (QED) is 0.725. The van der Waals surface area contributed by atoms with Crippen molar-refractivity contribution in [1.29, 1.82) is 0 Å². The molecule has 0 spiro atoms. The Labute approximate surface area is 148 Å². The van der Waals surface area contributed by atoms with E-state index >= 15 is 0 Å². The van der Waals surface area contributed by atoms with Crippen LogP contribution in [0.5, 0.6) is 0 Å². The molecule has 0 aliphatic rings. The third kappa shape index (κ3) is 4.10. The molecule has 0 saturated carbocycles. The number of anilines is 1. The molecule has 1 heterocycles. The average molecular weight is 356 g/mol. The Morgan fingerprint density at radius 3 is 2.68 bits per heavy atom. The molecule has 3 rings (SSSR count). The monoisotopic (exact) mass is 355 g/mol. The number of nitrogens with zero attached hydrogens (tertiary/aromatic N) is 2. The van der Waals surface area contributed by atoms with Gasteiger partial charge in [0.25, 0.3) is 5.91 Å². The number of rotatable bonds is 4. The van der Waals surface area contributed by atoms with Gasteiger partial charge in [0.1, 0.15) is 0 Å². The van der Waals surface area contributed by atoms with Gasteiger partial charge < -0.3 is 10.1 Å². The number of hydrogen-bond acceptors (Lipinski definition) is 5. The topological polar surface area (TPSA) is 81.2 Å². The molecule has 0 atom stereocenters. The molecule has 0 unspecified atom stereocenters. The van der Waals surface area contributed by atoms with Crippen LogP contribution in [-0.2, 0) is 9.53 Å². The Morgan fingerprint density at radius 1 is 1.16 bits per heavy atom. The minimum atomic E-state index is -0.713. The number of hydrogen-bond donors (Lipinski definition) is 1. The van der Waals surface area contributed by atoms with E-state index in [4.69, 9.17) is 16.3 Å². The van der Waals surface area contributed by atoms with E-state index in [-0.39, 0.29) is 5.69 Å². The first kappa shape index (κ1) is 16.9. The second-order valence-electron chi connectivity index (χ2n) is 5.33. The molecule has 3 aromatic rings. The van der Waals surface area contributed by atoms with Gasteiger partial charge in [0, 0.05) is 10.7 Å². The summed E-state index contributed by atoms with van der Waals surface area (Å²) in [6.45, 7) is 1.43. The van der Waals surface area contributed by atoms with Gasteiger partial charge in [0.2, 0.25) is 0 Å². The molecule has 1 amide bonds. The summed E-state index contributed by atoms with van der Waals surface area (Å²) in [5.41, 5.74) is 2.73. The average Bonchev–Trinajstić information content (AvgIpc) is 2.62. The van der Waals surface area contributed by atoms with Crippen molar-refractivity contribution < 1.29 is 14.3 Å². The molecule has 0 aliphatic carbocycles. The number of aryl methyl sites for hydroxylation is 1. The fraction of sp³-hybridized carbons (Fsp3) is 0.111. The standard InChI is InChI=1S/C18H14ClN3O3/c1-11-6-7-12(8-13(11)19)21-17(23)10-25-18(24)16-9-20-14-4-2-3-5-15(14)22-16/h2-9H,10H2,1H3,(H,21,23). The van der Waals surface area contributed by atoms with E-state index in [1.807, 2.05) is 13.0 Å². The van der Waals surface area contributed by atoms with E-state index < -0.39 is 18.5 Å². The maximum Gasteiger partial charge on any atom is 0.359 e. The number of carbonyl (C=O) groups excluding carboxylic acids is 2. The van der Waals surface area contributed by atoms with Crippen molar-refractivity contribution >= 4 is 40.2 Å². The predicted octanol–water partition coefficient (Wildman–Crippen LogP) is 3.39. The summed E-state index contributed by atoms with van der Waals surface area (Å²) in [6.07, 6.45) is 1.32. The first-order valence-electron chi connectivity index (χ1n) is 7.48. The third-order valence-corrected chi connectivity index (χ3v) is 3.85. The van der Waals surface area contributed by atoms with Crippen LogP contribution in [0.4, 0.5) is 5.69 Å². The zero-order chi connectivity index (χ0) is 17.8. The van der Waals surface area contributed by atoms with Crippen LogP contribution >= 0.6 is 11.6 Å². The molecule has 1 aromatic heterocycles. The number of aromatic nitrogens is 2. The molecule has 0 aliphatic heterocycles. The van der Waals surface area contributed by atoms with Crippen LogP contribution in [0.25, 0.3) is 11.0 Å². The highest BCUT2D eigenvalue weighted by atomic mass is 35.5. The molecule has 0 fully saturated rings. The Bertz CT molecular complexity index is 959. The minimum Gasteiger partial charge on any atom is -0.451 e. The van der Waals surface area contributed by atoms with Gasteiger partial charge in [-0.15, -0.1) is 0 Å². The van der Waals surface area contributed by atoms with Crippen molar-refractivity contribution in [2.45, 2.75) is 6.92 Å². The number of carbonyl (C=O) groups is 2. The fourth-order valence-corrected chi connectivity index (χ4v) is 2.31. The van der Waals surface area contributed by atoms with Crippen molar-refractivity contribution in [3.63, 3.8) is 0 Å². The van der Waals surface area contributed by atoms with Gasteiger partial charge in [-0.2, -0.15) is 0 Å². The molecular formula is C18H14ClN3O3. The van der Waals surface area contributed by atoms with Crippen LogP contribution in [0.15, 0.2) is 48.7 Å². The summed E-state index contributed by atoms with van der Waals surface area (Å²) < 4.78 is 4.98. The molecule has 126 valence electrons. The number of halogens is 1. The second-order valence-corrected chi connectivity index (χ2v) is 5.74. The zero-order valence-corrected chi connectivity index (χ0v) is 14.1. The number of fused-ring (bicyclic) bond motifs is 1. The van der Waals surface area contributed by atoms with Gasteiger partial charge in [-0.3, -0.25) is 9.78 Å². The van der Waals surface area contributed by atoms with Crippen LogP contribution in [0, 0.1) is 6.92 Å². The highest BCUT2D eigenvalue weighted by Crippen LogP contribution is 2.19. The van der Waals surface area contributed by atoms with Crippen molar-refractivity contribution in [3.8, 4) is 0 Å². The van der Waals surface area contributed by atoms with Gasteiger partial charge in [-0.1, -0.05) is 29.8 Å². The summed E-state index contributed by atoms with van der Waals surface area (Å²) in [4.78, 5) is 32.2. The lowest BCUT2D eigenvalue weighted by Crippen LogP contribution is -2.21. The Hall–Kier alpha value is -2.99. The van der Waals surface area contributed by atoms with E-state index in [1.165, 1.54) is 6.20 Å². The summed E-state index contributed by atoms with van der Waals surface area (Å²) in [6, 6.07) is 12.3. The fourth-order valence-electron chi connectivity index (χ4n) is 2.13. The predicted molar refractivity (Wildman–Crippen MR) is 94.6 cm³/mol. The Morgan fingerprint density at radius 2 is 1.92 bits per heavy atom. The van der Waals surface area contributed by atoms with Gasteiger partial charge in [0.05, 0.1) is 17.2 Å². The molecule has 7 heteroatoms. The summed E-state index contributed by atoms with van der Waals surface area (Å²) in [5.74, 6) is -1.18. The Kier molecular flexibility index (Phi) is 4.90. The first-order valence-corrected chi connectivity index (χ1v) is 7.85. The summed E-state index contributed by atoms with van der Waals surface area (Å²) >= 11 is 6.00. The van der Waals surface area contributed by atoms with Gasteiger partial charge in [0.15, 0.2) is 12.3 Å². The zero-order valence-electron chi connectivity index (χ0n) is 13.3. The number of ether oxygens (including phenoxy) is 1. The van der Waals surface area contributed by atoms with Gasteiger partial charge >= 0.3 is 5.97 Å². The molecule has 1 N–H and O–H groups in total. The molecule has 0 saturated heterocycles. The van der Waals surface area contributed by atoms with Crippen molar-refractivity contribution in [1.82, 2.24) is 9.97 Å². The van der Waals surface area contributed by atoms with E-state index in [1.54, 1.807) is 36.4 Å². The second kappa shape index (κ2) is 7.27. The third-order valence-electron chi connectivity index (χ3n) is 3.45. The lowest BCUT2D eigenvalue weighted by atomic mass is 10.2.